The average molecular weight is 977 g/mol. The Balaban J connectivity index is 0.951. The van der Waals surface area contributed by atoms with Gasteiger partial charge in [0.1, 0.15) is 23.7 Å². The van der Waals surface area contributed by atoms with Gasteiger partial charge in [-0.05, 0) is 133 Å². The molecule has 0 radical (unpaired) electrons. The number of nitrogens with one attached hydrogen (secondary N) is 4. The number of hydrogen-bond donors (Lipinski definition) is 4. The molecule has 72 heavy (non-hydrogen) atoms. The zero-order chi connectivity index (χ0) is 50.2. The van der Waals surface area contributed by atoms with Crippen molar-refractivity contribution in [1.82, 2.24) is 40.4 Å². The van der Waals surface area contributed by atoms with Crippen LogP contribution in [0.4, 0.5) is 9.59 Å². The lowest BCUT2D eigenvalue weighted by atomic mass is 9.84. The smallest absolute Gasteiger partial charge is 0.407 e. The summed E-state index contributed by atoms with van der Waals surface area (Å²) in [7, 11) is 2.66. The summed E-state index contributed by atoms with van der Waals surface area (Å²) in [5.41, 5.74) is 11.4. The topological polar surface area (TPSA) is 175 Å². The Morgan fingerprint density at radius 1 is 0.569 bits per heavy atom. The number of carbonyl (C=O) groups excluding carboxylic acids is 4. The molecular weight excluding hydrogens is 905 g/mol. The molecule has 4 heterocycles. The molecule has 14 nitrogen and oxygen atoms in total. The summed E-state index contributed by atoms with van der Waals surface area (Å²) in [6.07, 6.45) is 16.3. The molecule has 8 unspecified atom stereocenters. The molecule has 14 heteroatoms. The normalized spacial score (nSPS) is 23.5. The molecule has 4 N–H and O–H groups in total. The molecule has 4 fully saturated rings. The number of imidazole rings is 2. The highest BCUT2D eigenvalue weighted by atomic mass is 16.5. The number of H-pyrrole nitrogens is 2. The predicted octanol–water partition coefficient (Wildman–Crippen LogP) is 10.4. The number of benzene rings is 3. The highest BCUT2D eigenvalue weighted by molar-refractivity contribution is 5.88. The summed E-state index contributed by atoms with van der Waals surface area (Å²) in [6, 6.07) is 20.9. The molecule has 8 atom stereocenters. The van der Waals surface area contributed by atoms with Gasteiger partial charge in [0.25, 0.3) is 0 Å². The fraction of sp³-hybridized carbons (Fsp3) is 0.517. The number of carbonyl (C=O) groups is 4. The first-order chi connectivity index (χ1) is 34.9. The number of aromatic nitrogens is 4. The zero-order valence-corrected chi connectivity index (χ0v) is 42.8. The third-order valence-electron chi connectivity index (χ3n) is 16.8. The van der Waals surface area contributed by atoms with E-state index in [9.17, 15) is 19.2 Å². The van der Waals surface area contributed by atoms with Crippen molar-refractivity contribution >= 4 is 24.0 Å². The summed E-state index contributed by atoms with van der Waals surface area (Å²) in [5, 5.41) is 5.67. The van der Waals surface area contributed by atoms with Crippen LogP contribution in [0.1, 0.15) is 138 Å². The second-order valence-electron chi connectivity index (χ2n) is 21.9. The van der Waals surface area contributed by atoms with Crippen LogP contribution in [-0.2, 0) is 44.7 Å². The lowest BCUT2D eigenvalue weighted by Gasteiger charge is -2.36. The van der Waals surface area contributed by atoms with E-state index >= 15 is 0 Å². The van der Waals surface area contributed by atoms with Gasteiger partial charge in [-0.2, -0.15) is 0 Å². The van der Waals surface area contributed by atoms with Crippen molar-refractivity contribution in [3.63, 3.8) is 0 Å². The molecule has 2 saturated heterocycles. The SMILES string of the molecule is COC(=O)NC(C(=O)N1C(c2ncc(-c3ccc(-c4cc5c(-c6cnc(C7CC8CCCCC8N7C(=O)C(NC(=O)OC)C(C)C)[nH]6)cc4CCc4ccc(cc4)CC5)cc3)[nH]2)CC2CCCCC21)C(C)C. The number of aromatic amines is 2. The molecule has 13 rings (SSSR count). The molecule has 3 aromatic carbocycles. The highest BCUT2D eigenvalue weighted by Gasteiger charge is 2.50. The second kappa shape index (κ2) is 21.0. The third kappa shape index (κ3) is 9.77. The lowest BCUT2D eigenvalue weighted by Crippen LogP contribution is -2.53. The van der Waals surface area contributed by atoms with Gasteiger partial charge in [0, 0.05) is 17.6 Å². The van der Waals surface area contributed by atoms with Gasteiger partial charge in [0.2, 0.25) is 11.8 Å². The van der Waals surface area contributed by atoms with E-state index in [2.05, 4.69) is 86.2 Å². The Morgan fingerprint density at radius 3 is 1.49 bits per heavy atom. The molecule has 380 valence electrons. The van der Waals surface area contributed by atoms with Crippen molar-refractivity contribution in [3.05, 3.63) is 107 Å². The van der Waals surface area contributed by atoms with Crippen molar-refractivity contribution in [1.29, 1.82) is 0 Å². The van der Waals surface area contributed by atoms with Crippen molar-refractivity contribution in [2.75, 3.05) is 14.2 Å². The minimum atomic E-state index is -0.707. The van der Waals surface area contributed by atoms with Crippen molar-refractivity contribution < 1.29 is 28.7 Å². The number of alkyl carbamates (subject to hydrolysis) is 2. The summed E-state index contributed by atoms with van der Waals surface area (Å²) in [5.74, 6) is 1.94. The maximum atomic E-state index is 14.6. The molecule has 2 aromatic heterocycles. The van der Waals surface area contributed by atoms with Gasteiger partial charge in [-0.3, -0.25) is 9.59 Å². The van der Waals surface area contributed by atoms with Gasteiger partial charge < -0.3 is 39.9 Å². The number of aryl methyl sites for hydroxylation is 4. The number of nitrogens with zero attached hydrogens (tertiary/aromatic N) is 4. The first kappa shape index (κ1) is 49.2. The van der Waals surface area contributed by atoms with Crippen molar-refractivity contribution in [3.8, 4) is 33.6 Å². The summed E-state index contributed by atoms with van der Waals surface area (Å²) < 4.78 is 9.87. The number of fused-ring (bicyclic) bond motifs is 2. The standard InChI is InChI=1S/C58H72N8O6/c1-33(2)51(63-57(69)71-5)55(67)65-47-13-9-7-11-41(47)29-49(65)53-59-31-45(61-53)38-25-23-37(24-26-38)43-27-40-22-20-36-17-15-35(16-18-36)19-21-39(43)28-44(40)46-32-60-54(62-46)50-30-42-12-8-10-14-48(42)66(50)56(68)52(34(3)4)64-58(70)72-6/h15-18,23-28,31-34,41-42,47-52H,7-14,19-22,29-30H2,1-6H3,(H,59,61)(H,60,62)(H,63,69)(H,64,70). The van der Waals surface area contributed by atoms with E-state index in [0.29, 0.717) is 11.8 Å². The summed E-state index contributed by atoms with van der Waals surface area (Å²) in [6.45, 7) is 7.84. The van der Waals surface area contributed by atoms with E-state index in [0.717, 1.165) is 130 Å². The second-order valence-corrected chi connectivity index (χ2v) is 21.9. The Kier molecular flexibility index (Phi) is 14.3. The van der Waals surface area contributed by atoms with Crippen LogP contribution in [0.3, 0.4) is 0 Å². The maximum Gasteiger partial charge on any atom is 0.407 e. The molecule has 5 aromatic rings. The molecule has 8 aliphatic rings. The van der Waals surface area contributed by atoms with Gasteiger partial charge in [-0.15, -0.1) is 0 Å². The van der Waals surface area contributed by atoms with Crippen LogP contribution in [0.5, 0.6) is 0 Å². The molecule has 0 spiro atoms. The van der Waals surface area contributed by atoms with Crippen LogP contribution in [0.2, 0.25) is 0 Å². The fourth-order valence-electron chi connectivity index (χ4n) is 12.9. The summed E-state index contributed by atoms with van der Waals surface area (Å²) >= 11 is 0. The first-order valence-electron chi connectivity index (χ1n) is 26.7. The molecule has 4 amide bonds. The molecule has 4 bridgehead atoms. The van der Waals surface area contributed by atoms with E-state index in [4.69, 9.17) is 19.4 Å². The minimum Gasteiger partial charge on any atom is -0.453 e. The van der Waals surface area contributed by atoms with E-state index in [-0.39, 0.29) is 47.8 Å². The lowest BCUT2D eigenvalue weighted by molar-refractivity contribution is -0.139. The number of rotatable bonds is 11. The van der Waals surface area contributed by atoms with Crippen LogP contribution < -0.4 is 10.6 Å². The maximum absolute atomic E-state index is 14.6. The third-order valence-corrected chi connectivity index (χ3v) is 16.8. The summed E-state index contributed by atoms with van der Waals surface area (Å²) in [4.78, 5) is 75.4. The van der Waals surface area contributed by atoms with Crippen LogP contribution in [0.25, 0.3) is 33.6 Å². The number of amides is 4. The largest absolute Gasteiger partial charge is 0.453 e. The minimum absolute atomic E-state index is 0.0738. The number of methoxy groups -OCH3 is 2. The van der Waals surface area contributed by atoms with Crippen LogP contribution in [0, 0.1) is 23.7 Å². The fourth-order valence-corrected chi connectivity index (χ4v) is 12.9. The van der Waals surface area contributed by atoms with Gasteiger partial charge in [0.15, 0.2) is 0 Å². The Hall–Kier alpha value is -6.44. The van der Waals surface area contributed by atoms with Crippen molar-refractivity contribution in [2.24, 2.45) is 23.7 Å². The monoisotopic (exact) mass is 977 g/mol. The van der Waals surface area contributed by atoms with Gasteiger partial charge in [0.05, 0.1) is 50.1 Å². The van der Waals surface area contributed by atoms with Gasteiger partial charge in [-0.25, -0.2) is 19.6 Å². The Labute approximate surface area is 423 Å². The molecule has 2 saturated carbocycles. The first-order valence-corrected chi connectivity index (χ1v) is 26.7. The van der Waals surface area contributed by atoms with E-state index in [1.165, 1.54) is 42.0 Å². The van der Waals surface area contributed by atoms with Crippen LogP contribution in [-0.4, -0.2) is 92.1 Å². The van der Waals surface area contributed by atoms with Gasteiger partial charge in [-0.1, -0.05) is 108 Å². The van der Waals surface area contributed by atoms with Gasteiger partial charge >= 0.3 is 12.2 Å². The van der Waals surface area contributed by atoms with Crippen molar-refractivity contribution in [2.45, 2.75) is 154 Å². The average Bonchev–Trinajstić information content (AvgIpc) is 4.22. The number of likely N-dealkylation sites (tertiary alicyclic amines) is 2. The number of ether oxygens (including phenoxy) is 2. The zero-order valence-electron chi connectivity index (χ0n) is 42.8. The molecular formula is C58H72N8O6. The number of hydrogen-bond acceptors (Lipinski definition) is 8. The van der Waals surface area contributed by atoms with E-state index in [1.54, 1.807) is 0 Å². The molecule has 6 aliphatic carbocycles. The van der Waals surface area contributed by atoms with Crippen LogP contribution >= 0.6 is 0 Å². The van der Waals surface area contributed by atoms with Crippen LogP contribution in [0.15, 0.2) is 73.1 Å². The Morgan fingerprint density at radius 2 is 1.00 bits per heavy atom. The van der Waals surface area contributed by atoms with E-state index in [1.807, 2.05) is 45.0 Å². The van der Waals surface area contributed by atoms with E-state index < -0.39 is 24.3 Å². The highest BCUT2D eigenvalue weighted by Crippen LogP contribution is 2.48. The Bertz CT molecular complexity index is 2760. The molecule has 2 aliphatic heterocycles. The quantitative estimate of drug-likeness (QED) is 0.101. The predicted molar refractivity (Wildman–Crippen MR) is 277 cm³/mol.